The Morgan fingerprint density at radius 1 is 1.09 bits per heavy atom. The van der Waals surface area contributed by atoms with E-state index in [4.69, 9.17) is 16.3 Å². The van der Waals surface area contributed by atoms with Crippen molar-refractivity contribution in [2.24, 2.45) is 0 Å². The molecule has 0 aromatic heterocycles. The number of aryl methyl sites for hydroxylation is 2. The minimum absolute atomic E-state index is 0.193. The Morgan fingerprint density at radius 2 is 1.77 bits per heavy atom. The van der Waals surface area contributed by atoms with Gasteiger partial charge in [-0.15, -0.1) is 0 Å². The third-order valence-electron chi connectivity index (χ3n) is 3.10. The fourth-order valence-corrected chi connectivity index (χ4v) is 3.42. The highest BCUT2D eigenvalue weighted by atomic mass is 35.5. The van der Waals surface area contributed by atoms with Crippen molar-refractivity contribution in [3.8, 4) is 5.75 Å². The van der Waals surface area contributed by atoms with Crippen LogP contribution in [0.1, 0.15) is 11.1 Å². The molecule has 0 unspecified atom stereocenters. The molecule has 4 nitrogen and oxygen atoms in total. The Bertz CT molecular complexity index is 742. The predicted octanol–water partition coefficient (Wildman–Crippen LogP) is 3.31. The Kier molecular flexibility index (Phi) is 5.45. The zero-order valence-corrected chi connectivity index (χ0v) is 14.0. The second-order valence-electron chi connectivity index (χ2n) is 4.97. The molecular weight excluding hydrogens is 322 g/mol. The number of ether oxygens (including phenoxy) is 1. The summed E-state index contributed by atoms with van der Waals surface area (Å²) in [6, 6.07) is 12.2. The smallest absolute Gasteiger partial charge is 0.240 e. The van der Waals surface area contributed by atoms with E-state index in [0.29, 0.717) is 15.7 Å². The standard InChI is InChI=1S/C16H18ClNO3S/c1-12-3-8-16(13(2)11-12)22(19,20)18-9-10-21-15-6-4-14(17)5-7-15/h3-8,11,18H,9-10H2,1-2H3. The van der Waals surface area contributed by atoms with Crippen molar-refractivity contribution >= 4 is 21.6 Å². The molecule has 2 aromatic rings. The molecule has 0 atom stereocenters. The highest BCUT2D eigenvalue weighted by Crippen LogP contribution is 2.17. The van der Waals surface area contributed by atoms with Crippen LogP contribution in [0.4, 0.5) is 0 Å². The summed E-state index contributed by atoms with van der Waals surface area (Å²) in [5, 5.41) is 0.628. The minimum Gasteiger partial charge on any atom is -0.492 e. The van der Waals surface area contributed by atoms with E-state index in [0.717, 1.165) is 11.1 Å². The first-order valence-corrected chi connectivity index (χ1v) is 8.70. The van der Waals surface area contributed by atoms with Crippen molar-refractivity contribution in [1.29, 1.82) is 0 Å². The van der Waals surface area contributed by atoms with Gasteiger partial charge in [0.2, 0.25) is 10.0 Å². The molecule has 1 N–H and O–H groups in total. The van der Waals surface area contributed by atoms with Gasteiger partial charge in [0.15, 0.2) is 0 Å². The molecule has 2 aromatic carbocycles. The van der Waals surface area contributed by atoms with E-state index < -0.39 is 10.0 Å². The summed E-state index contributed by atoms with van der Waals surface area (Å²) in [6.07, 6.45) is 0. The lowest BCUT2D eigenvalue weighted by atomic mass is 10.2. The summed E-state index contributed by atoms with van der Waals surface area (Å²) in [7, 11) is -3.52. The van der Waals surface area contributed by atoms with Gasteiger partial charge in [-0.1, -0.05) is 29.3 Å². The van der Waals surface area contributed by atoms with Crippen LogP contribution in [0.5, 0.6) is 5.75 Å². The van der Waals surface area contributed by atoms with E-state index in [1.54, 1.807) is 43.3 Å². The maximum absolute atomic E-state index is 12.2. The third kappa shape index (κ3) is 4.47. The van der Waals surface area contributed by atoms with Gasteiger partial charge >= 0.3 is 0 Å². The zero-order chi connectivity index (χ0) is 16.2. The van der Waals surface area contributed by atoms with Crippen LogP contribution >= 0.6 is 11.6 Å². The second-order valence-corrected chi connectivity index (χ2v) is 7.14. The van der Waals surface area contributed by atoms with Crippen molar-refractivity contribution < 1.29 is 13.2 Å². The van der Waals surface area contributed by atoms with E-state index in [2.05, 4.69) is 4.72 Å². The van der Waals surface area contributed by atoms with Gasteiger partial charge in [-0.05, 0) is 49.7 Å². The molecule has 118 valence electrons. The van der Waals surface area contributed by atoms with Gasteiger partial charge in [-0.3, -0.25) is 0 Å². The largest absolute Gasteiger partial charge is 0.492 e. The quantitative estimate of drug-likeness (QED) is 0.821. The SMILES string of the molecule is Cc1ccc(S(=O)(=O)NCCOc2ccc(Cl)cc2)c(C)c1. The molecule has 0 saturated carbocycles. The van der Waals surface area contributed by atoms with E-state index in [9.17, 15) is 8.42 Å². The molecule has 2 rings (SSSR count). The first-order chi connectivity index (χ1) is 10.4. The molecule has 0 bridgehead atoms. The number of halogens is 1. The molecule has 0 saturated heterocycles. The number of nitrogens with one attached hydrogen (secondary N) is 1. The molecular formula is C16H18ClNO3S. The highest BCUT2D eigenvalue weighted by molar-refractivity contribution is 7.89. The minimum atomic E-state index is -3.52. The molecule has 0 amide bonds. The third-order valence-corrected chi connectivity index (χ3v) is 4.97. The maximum Gasteiger partial charge on any atom is 0.240 e. The monoisotopic (exact) mass is 339 g/mol. The van der Waals surface area contributed by atoms with E-state index in [1.165, 1.54) is 0 Å². The van der Waals surface area contributed by atoms with Crippen LogP contribution in [0, 0.1) is 13.8 Å². The first-order valence-electron chi connectivity index (χ1n) is 6.84. The van der Waals surface area contributed by atoms with E-state index in [1.807, 2.05) is 13.0 Å². The number of hydrogen-bond donors (Lipinski definition) is 1. The molecule has 0 radical (unpaired) electrons. The normalized spacial score (nSPS) is 11.4. The first kappa shape index (κ1) is 16.8. The average molecular weight is 340 g/mol. The molecule has 0 aliphatic carbocycles. The van der Waals surface area contributed by atoms with Gasteiger partial charge in [0.05, 0.1) is 4.90 Å². The van der Waals surface area contributed by atoms with Gasteiger partial charge in [0.25, 0.3) is 0 Å². The van der Waals surface area contributed by atoms with Crippen molar-refractivity contribution in [3.63, 3.8) is 0 Å². The van der Waals surface area contributed by atoms with Crippen molar-refractivity contribution in [2.75, 3.05) is 13.2 Å². The van der Waals surface area contributed by atoms with Crippen LogP contribution in [0.3, 0.4) is 0 Å². The Morgan fingerprint density at radius 3 is 2.41 bits per heavy atom. The summed E-state index contributed by atoms with van der Waals surface area (Å²) in [4.78, 5) is 0.296. The fraction of sp³-hybridized carbons (Fsp3) is 0.250. The molecule has 0 heterocycles. The van der Waals surface area contributed by atoms with E-state index >= 15 is 0 Å². The molecule has 0 spiro atoms. The number of hydrogen-bond acceptors (Lipinski definition) is 3. The van der Waals surface area contributed by atoms with Crippen LogP contribution in [0.2, 0.25) is 5.02 Å². The summed E-state index contributed by atoms with van der Waals surface area (Å²) < 4.78 is 32.5. The van der Waals surface area contributed by atoms with Gasteiger partial charge in [0.1, 0.15) is 12.4 Å². The topological polar surface area (TPSA) is 55.4 Å². The summed E-state index contributed by atoms with van der Waals surface area (Å²) in [6.45, 7) is 4.15. The van der Waals surface area contributed by atoms with Gasteiger partial charge in [-0.25, -0.2) is 13.1 Å². The fourth-order valence-electron chi connectivity index (χ4n) is 2.05. The summed E-state index contributed by atoms with van der Waals surface area (Å²) in [5.41, 5.74) is 1.76. The van der Waals surface area contributed by atoms with Crippen LogP contribution in [0.15, 0.2) is 47.4 Å². The van der Waals surface area contributed by atoms with Crippen molar-refractivity contribution in [2.45, 2.75) is 18.7 Å². The Hall–Kier alpha value is -1.56. The molecule has 0 fully saturated rings. The highest BCUT2D eigenvalue weighted by Gasteiger charge is 2.15. The lowest BCUT2D eigenvalue weighted by molar-refractivity contribution is 0.323. The van der Waals surface area contributed by atoms with Crippen molar-refractivity contribution in [3.05, 3.63) is 58.6 Å². The zero-order valence-electron chi connectivity index (χ0n) is 12.5. The second kappa shape index (κ2) is 7.13. The Labute approximate surface area is 136 Å². The van der Waals surface area contributed by atoms with E-state index in [-0.39, 0.29) is 13.2 Å². The van der Waals surface area contributed by atoms with Crippen LogP contribution < -0.4 is 9.46 Å². The Balaban J connectivity index is 1.91. The summed E-state index contributed by atoms with van der Waals surface area (Å²) >= 11 is 5.78. The molecule has 0 aliphatic rings. The van der Waals surface area contributed by atoms with Gasteiger partial charge < -0.3 is 4.74 Å². The van der Waals surface area contributed by atoms with Crippen LogP contribution in [0.25, 0.3) is 0 Å². The number of sulfonamides is 1. The predicted molar refractivity (Wildman–Crippen MR) is 88.1 cm³/mol. The molecule has 22 heavy (non-hydrogen) atoms. The van der Waals surface area contributed by atoms with Gasteiger partial charge in [-0.2, -0.15) is 0 Å². The maximum atomic E-state index is 12.2. The average Bonchev–Trinajstić information content (AvgIpc) is 2.45. The summed E-state index contributed by atoms with van der Waals surface area (Å²) in [5.74, 6) is 0.648. The molecule has 0 aliphatic heterocycles. The number of benzene rings is 2. The van der Waals surface area contributed by atoms with Crippen LogP contribution in [-0.2, 0) is 10.0 Å². The molecule has 6 heteroatoms. The van der Waals surface area contributed by atoms with Gasteiger partial charge in [0, 0.05) is 11.6 Å². The van der Waals surface area contributed by atoms with Crippen LogP contribution in [-0.4, -0.2) is 21.6 Å². The lowest BCUT2D eigenvalue weighted by Gasteiger charge is -2.11. The van der Waals surface area contributed by atoms with Crippen molar-refractivity contribution in [1.82, 2.24) is 4.72 Å². The number of rotatable bonds is 6. The lowest BCUT2D eigenvalue weighted by Crippen LogP contribution is -2.28.